The van der Waals surface area contributed by atoms with Crippen molar-refractivity contribution in [2.75, 3.05) is 26.2 Å². The number of ether oxygens (including phenoxy) is 2. The van der Waals surface area contributed by atoms with Crippen molar-refractivity contribution in [3.8, 4) is 11.5 Å². The van der Waals surface area contributed by atoms with Gasteiger partial charge in [-0.15, -0.1) is 0 Å². The van der Waals surface area contributed by atoms with E-state index in [4.69, 9.17) is 9.47 Å². The van der Waals surface area contributed by atoms with Gasteiger partial charge in [-0.25, -0.2) is 0 Å². The predicted molar refractivity (Wildman–Crippen MR) is 121 cm³/mol. The van der Waals surface area contributed by atoms with Crippen LogP contribution in [0.2, 0.25) is 0 Å². The number of hydrogen-bond donors (Lipinski definition) is 0. The fourth-order valence-corrected chi connectivity index (χ4v) is 3.72. The van der Waals surface area contributed by atoms with Gasteiger partial charge in [0.05, 0.1) is 26.3 Å². The molecule has 7 heteroatoms. The van der Waals surface area contributed by atoms with Gasteiger partial charge in [-0.2, -0.15) is 0 Å². The highest BCUT2D eigenvalue weighted by Gasteiger charge is 2.41. The number of likely N-dealkylation sites (N-methyl/N-ethyl adjacent to an activating group) is 1. The number of nitrogens with zero attached hydrogens (tertiary/aromatic N) is 3. The van der Waals surface area contributed by atoms with E-state index in [0.29, 0.717) is 28.3 Å². The molecule has 0 aliphatic carbocycles. The number of aromatic nitrogens is 1. The molecule has 0 N–H and O–H groups in total. The molecule has 2 heterocycles. The number of amides is 2. The van der Waals surface area contributed by atoms with E-state index in [-0.39, 0.29) is 18.4 Å². The molecule has 2 amide bonds. The maximum absolute atomic E-state index is 13.5. The number of benzene rings is 2. The third-order valence-electron chi connectivity index (χ3n) is 5.36. The van der Waals surface area contributed by atoms with Crippen LogP contribution in [0.15, 0.2) is 78.8 Å². The summed E-state index contributed by atoms with van der Waals surface area (Å²) < 4.78 is 10.7. The molecule has 0 unspecified atom stereocenters. The highest BCUT2D eigenvalue weighted by molar-refractivity contribution is 6.36. The van der Waals surface area contributed by atoms with Gasteiger partial charge in [0.1, 0.15) is 5.70 Å². The second-order valence-corrected chi connectivity index (χ2v) is 7.25. The van der Waals surface area contributed by atoms with E-state index < -0.39 is 0 Å². The van der Waals surface area contributed by atoms with Crippen LogP contribution in [0.5, 0.6) is 11.5 Å². The largest absolute Gasteiger partial charge is 0.493 e. The summed E-state index contributed by atoms with van der Waals surface area (Å²) in [5.74, 6) is 0.280. The lowest BCUT2D eigenvalue weighted by Gasteiger charge is -2.21. The molecule has 1 aliphatic heterocycles. The molecule has 3 aromatic rings. The Morgan fingerprint density at radius 3 is 2.31 bits per heavy atom. The molecular formula is C25H23N3O4. The minimum atomic E-state index is -0.371. The summed E-state index contributed by atoms with van der Waals surface area (Å²) in [4.78, 5) is 34.2. The first-order chi connectivity index (χ1) is 15.5. The Kier molecular flexibility index (Phi) is 5.89. The summed E-state index contributed by atoms with van der Waals surface area (Å²) in [5, 5.41) is 0. The molecule has 0 saturated carbocycles. The van der Waals surface area contributed by atoms with Crippen molar-refractivity contribution in [3.63, 3.8) is 0 Å². The van der Waals surface area contributed by atoms with Gasteiger partial charge < -0.3 is 14.4 Å². The van der Waals surface area contributed by atoms with Crippen LogP contribution in [0.3, 0.4) is 0 Å². The second kappa shape index (κ2) is 8.93. The first-order valence-corrected chi connectivity index (χ1v) is 10.1. The number of para-hydroxylation sites is 1. The molecule has 0 saturated heterocycles. The number of anilines is 1. The molecule has 0 spiro atoms. The quantitative estimate of drug-likeness (QED) is 0.535. The summed E-state index contributed by atoms with van der Waals surface area (Å²) in [7, 11) is 4.86. The van der Waals surface area contributed by atoms with Gasteiger partial charge in [0.2, 0.25) is 0 Å². The Morgan fingerprint density at radius 1 is 0.906 bits per heavy atom. The minimum Gasteiger partial charge on any atom is -0.493 e. The van der Waals surface area contributed by atoms with Crippen LogP contribution in [0.25, 0.3) is 5.57 Å². The van der Waals surface area contributed by atoms with Crippen molar-refractivity contribution in [2.45, 2.75) is 6.54 Å². The number of carbonyl (C=O) groups is 2. The van der Waals surface area contributed by atoms with Crippen molar-refractivity contribution >= 4 is 23.1 Å². The zero-order valence-electron chi connectivity index (χ0n) is 18.1. The van der Waals surface area contributed by atoms with Crippen LogP contribution < -0.4 is 14.4 Å². The molecule has 32 heavy (non-hydrogen) atoms. The maximum Gasteiger partial charge on any atom is 0.278 e. The molecule has 0 bridgehead atoms. The van der Waals surface area contributed by atoms with Gasteiger partial charge >= 0.3 is 0 Å². The van der Waals surface area contributed by atoms with E-state index in [1.807, 2.05) is 36.4 Å². The van der Waals surface area contributed by atoms with Crippen LogP contribution >= 0.6 is 0 Å². The lowest BCUT2D eigenvalue weighted by Crippen LogP contribution is -2.33. The number of imide groups is 1. The number of rotatable bonds is 7. The van der Waals surface area contributed by atoms with Crippen molar-refractivity contribution in [1.82, 2.24) is 9.88 Å². The normalized spacial score (nSPS) is 13.5. The molecule has 0 radical (unpaired) electrons. The van der Waals surface area contributed by atoms with E-state index in [2.05, 4.69) is 4.98 Å². The fraction of sp³-hybridized carbons (Fsp3) is 0.160. The molecule has 1 aromatic heterocycles. The minimum absolute atomic E-state index is 0.133. The van der Waals surface area contributed by atoms with Crippen LogP contribution in [0, 0.1) is 0 Å². The van der Waals surface area contributed by atoms with Crippen LogP contribution in [0.4, 0.5) is 5.69 Å². The Balaban J connectivity index is 1.83. The molecule has 0 atom stereocenters. The third kappa shape index (κ3) is 3.80. The second-order valence-electron chi connectivity index (χ2n) is 7.25. The smallest absolute Gasteiger partial charge is 0.278 e. The lowest BCUT2D eigenvalue weighted by molar-refractivity contribution is -0.137. The summed E-state index contributed by atoms with van der Waals surface area (Å²) >= 11 is 0. The van der Waals surface area contributed by atoms with E-state index in [1.165, 1.54) is 12.0 Å². The first kappa shape index (κ1) is 21.1. The van der Waals surface area contributed by atoms with Gasteiger partial charge in [0.15, 0.2) is 11.5 Å². The van der Waals surface area contributed by atoms with Gasteiger partial charge in [0.25, 0.3) is 11.8 Å². The standard InChI is InChI=1S/C25H23N3O4/c1-27(19-9-5-4-6-10-19)23-22(18-11-12-20(31-2)21(14-18)32-3)24(29)28(25(23)30)16-17-8-7-13-26-15-17/h4-15H,16H2,1-3H3. The Bertz CT molecular complexity index is 1180. The Morgan fingerprint density at radius 2 is 1.66 bits per heavy atom. The van der Waals surface area contributed by atoms with E-state index >= 15 is 0 Å². The Hall–Kier alpha value is -4.13. The van der Waals surface area contributed by atoms with Gasteiger partial charge in [0, 0.05) is 25.1 Å². The third-order valence-corrected chi connectivity index (χ3v) is 5.36. The highest BCUT2D eigenvalue weighted by atomic mass is 16.5. The molecule has 0 fully saturated rings. The molecular weight excluding hydrogens is 406 g/mol. The zero-order chi connectivity index (χ0) is 22.7. The monoisotopic (exact) mass is 429 g/mol. The first-order valence-electron chi connectivity index (χ1n) is 10.1. The van der Waals surface area contributed by atoms with Crippen molar-refractivity contribution in [3.05, 3.63) is 89.9 Å². The molecule has 7 nitrogen and oxygen atoms in total. The van der Waals surface area contributed by atoms with E-state index in [0.717, 1.165) is 11.3 Å². The van der Waals surface area contributed by atoms with Gasteiger partial charge in [-0.05, 0) is 41.5 Å². The molecule has 2 aromatic carbocycles. The Labute approximate surface area is 186 Å². The summed E-state index contributed by atoms with van der Waals surface area (Å²) in [5.41, 5.74) is 2.75. The zero-order valence-corrected chi connectivity index (χ0v) is 18.1. The molecule has 4 rings (SSSR count). The van der Waals surface area contributed by atoms with Crippen molar-refractivity contribution < 1.29 is 19.1 Å². The number of pyridine rings is 1. The summed E-state index contributed by atoms with van der Waals surface area (Å²) in [6.45, 7) is 0.133. The van der Waals surface area contributed by atoms with Crippen LogP contribution in [0.1, 0.15) is 11.1 Å². The summed E-state index contributed by atoms with van der Waals surface area (Å²) in [6.07, 6.45) is 3.30. The van der Waals surface area contributed by atoms with E-state index in [1.54, 1.807) is 55.7 Å². The number of methoxy groups -OCH3 is 2. The van der Waals surface area contributed by atoms with Crippen LogP contribution in [-0.2, 0) is 16.1 Å². The lowest BCUT2D eigenvalue weighted by atomic mass is 10.0. The molecule has 1 aliphatic rings. The highest BCUT2D eigenvalue weighted by Crippen LogP contribution is 2.37. The van der Waals surface area contributed by atoms with E-state index in [9.17, 15) is 9.59 Å². The maximum atomic E-state index is 13.5. The van der Waals surface area contributed by atoms with Crippen molar-refractivity contribution in [1.29, 1.82) is 0 Å². The van der Waals surface area contributed by atoms with Gasteiger partial charge in [-0.3, -0.25) is 19.5 Å². The average Bonchev–Trinajstić information content (AvgIpc) is 3.09. The molecule has 162 valence electrons. The average molecular weight is 429 g/mol. The predicted octanol–water partition coefficient (Wildman–Crippen LogP) is 3.52. The SMILES string of the molecule is COc1ccc(C2=C(N(C)c3ccccc3)C(=O)N(Cc3cccnc3)C2=O)cc1OC. The van der Waals surface area contributed by atoms with Gasteiger partial charge in [-0.1, -0.05) is 30.3 Å². The van der Waals surface area contributed by atoms with Crippen LogP contribution in [-0.4, -0.2) is 43.0 Å². The topological polar surface area (TPSA) is 72.0 Å². The number of carbonyl (C=O) groups excluding carboxylic acids is 2. The summed E-state index contributed by atoms with van der Waals surface area (Å²) in [6, 6.07) is 18.3. The number of hydrogen-bond acceptors (Lipinski definition) is 6. The fourth-order valence-electron chi connectivity index (χ4n) is 3.72. The van der Waals surface area contributed by atoms with Crippen molar-refractivity contribution in [2.24, 2.45) is 0 Å².